The summed E-state index contributed by atoms with van der Waals surface area (Å²) in [6, 6.07) is 0. The zero-order chi connectivity index (χ0) is 9.40. The van der Waals surface area contributed by atoms with E-state index in [-0.39, 0.29) is 0 Å². The molecule has 12 heavy (non-hydrogen) atoms. The van der Waals surface area contributed by atoms with Gasteiger partial charge in [0.15, 0.2) is 0 Å². The largest absolute Gasteiger partial charge is 0.308 e. The van der Waals surface area contributed by atoms with Crippen molar-refractivity contribution in [3.63, 3.8) is 0 Å². The van der Waals surface area contributed by atoms with Gasteiger partial charge in [-0.25, -0.2) is 0 Å². The van der Waals surface area contributed by atoms with Gasteiger partial charge in [-0.3, -0.25) is 9.68 Å². The first-order valence-electron chi connectivity index (χ1n) is 4.38. The van der Waals surface area contributed by atoms with E-state index in [4.69, 9.17) is 9.68 Å². The Labute approximate surface area is 74.9 Å². The number of hydrogen-bond donors (Lipinski definition) is 0. The van der Waals surface area contributed by atoms with Crippen molar-refractivity contribution in [2.75, 3.05) is 40.4 Å². The van der Waals surface area contributed by atoms with Crippen molar-refractivity contribution in [3.05, 3.63) is 0 Å². The first-order chi connectivity index (χ1) is 5.70. The van der Waals surface area contributed by atoms with E-state index in [2.05, 4.69) is 4.90 Å². The van der Waals surface area contributed by atoms with E-state index in [1.807, 2.05) is 27.9 Å². The van der Waals surface area contributed by atoms with Crippen LogP contribution < -0.4 is 0 Å². The van der Waals surface area contributed by atoms with Gasteiger partial charge in [0, 0.05) is 6.54 Å². The molecule has 0 aliphatic carbocycles. The van der Waals surface area contributed by atoms with Crippen LogP contribution in [0.4, 0.5) is 0 Å². The van der Waals surface area contributed by atoms with Gasteiger partial charge in [0.2, 0.25) is 0 Å². The summed E-state index contributed by atoms with van der Waals surface area (Å²) < 4.78 is 0. The van der Waals surface area contributed by atoms with Crippen molar-refractivity contribution in [2.24, 2.45) is 0 Å². The second-order valence-electron chi connectivity index (χ2n) is 2.70. The summed E-state index contributed by atoms with van der Waals surface area (Å²) in [6.45, 7) is 6.89. The third-order valence-corrected chi connectivity index (χ3v) is 1.28. The fourth-order valence-electron chi connectivity index (χ4n) is 0.736. The van der Waals surface area contributed by atoms with Gasteiger partial charge in [-0.2, -0.15) is 0 Å². The number of hydrogen-bond acceptors (Lipinski definition) is 4. The van der Waals surface area contributed by atoms with Gasteiger partial charge in [-0.15, -0.1) is 0 Å². The Morgan fingerprint density at radius 3 is 1.75 bits per heavy atom. The van der Waals surface area contributed by atoms with Gasteiger partial charge < -0.3 is 4.90 Å². The van der Waals surface area contributed by atoms with Gasteiger partial charge in [0.05, 0.1) is 19.8 Å². The third kappa shape index (κ3) is 6.54. The lowest BCUT2D eigenvalue weighted by atomic mass is 10.6. The maximum absolute atomic E-state index is 5.22. The van der Waals surface area contributed by atoms with E-state index in [1.165, 1.54) is 0 Å². The zero-order valence-electron chi connectivity index (χ0n) is 8.54. The molecule has 0 saturated carbocycles. The van der Waals surface area contributed by atoms with Crippen LogP contribution in [0.5, 0.6) is 0 Å². The van der Waals surface area contributed by atoms with Crippen molar-refractivity contribution in [2.45, 2.75) is 13.8 Å². The average Bonchev–Trinajstić information content (AvgIpc) is 2.01. The van der Waals surface area contributed by atoms with Crippen molar-refractivity contribution in [1.82, 2.24) is 10.1 Å². The molecule has 0 fully saturated rings. The number of hydroxylamine groups is 2. The predicted octanol–water partition coefficient (Wildman–Crippen LogP) is 0.753. The summed E-state index contributed by atoms with van der Waals surface area (Å²) in [5, 5.41) is 1.54. The van der Waals surface area contributed by atoms with Crippen molar-refractivity contribution < 1.29 is 9.68 Å². The molecule has 0 unspecified atom stereocenters. The monoisotopic (exact) mass is 176 g/mol. The molecule has 0 rings (SSSR count). The van der Waals surface area contributed by atoms with E-state index < -0.39 is 0 Å². The topological polar surface area (TPSA) is 24.9 Å². The minimum Gasteiger partial charge on any atom is -0.308 e. The molecule has 4 heteroatoms. The number of nitrogens with zero attached hydrogens (tertiary/aromatic N) is 2. The van der Waals surface area contributed by atoms with Crippen molar-refractivity contribution in [1.29, 1.82) is 0 Å². The minimum atomic E-state index is 0.646. The molecule has 0 atom stereocenters. The molecule has 0 aromatic rings. The van der Waals surface area contributed by atoms with E-state index in [1.54, 1.807) is 5.23 Å². The van der Waals surface area contributed by atoms with E-state index in [0.29, 0.717) is 13.2 Å². The molecule has 74 valence electrons. The summed E-state index contributed by atoms with van der Waals surface area (Å²) in [6.07, 6.45) is 0. The Morgan fingerprint density at radius 1 is 0.917 bits per heavy atom. The lowest BCUT2D eigenvalue weighted by molar-refractivity contribution is -0.364. The van der Waals surface area contributed by atoms with Gasteiger partial charge in [0.25, 0.3) is 0 Å². The molecule has 0 aromatic heterocycles. The second kappa shape index (κ2) is 7.49. The number of rotatable bonds is 7. The Balaban J connectivity index is 3.48. The van der Waals surface area contributed by atoms with E-state index in [0.717, 1.165) is 13.1 Å². The zero-order valence-corrected chi connectivity index (χ0v) is 8.54. The Morgan fingerprint density at radius 2 is 1.42 bits per heavy atom. The fourth-order valence-corrected chi connectivity index (χ4v) is 0.736. The quantitative estimate of drug-likeness (QED) is 0.534. The van der Waals surface area contributed by atoms with Crippen LogP contribution in [-0.4, -0.2) is 50.5 Å². The maximum Gasteiger partial charge on any atom is 0.0683 e. The Bertz CT molecular complexity index is 93.1. The molecule has 0 saturated heterocycles. The van der Waals surface area contributed by atoms with Crippen LogP contribution in [0.2, 0.25) is 0 Å². The third-order valence-electron chi connectivity index (χ3n) is 1.28. The maximum atomic E-state index is 5.22. The summed E-state index contributed by atoms with van der Waals surface area (Å²) in [5.41, 5.74) is 0. The summed E-state index contributed by atoms with van der Waals surface area (Å²) in [5.74, 6) is 0. The lowest BCUT2D eigenvalue weighted by Crippen LogP contribution is -2.32. The van der Waals surface area contributed by atoms with Crippen LogP contribution in [0.3, 0.4) is 0 Å². The van der Waals surface area contributed by atoms with Crippen LogP contribution >= 0.6 is 0 Å². The minimum absolute atomic E-state index is 0.646. The molecule has 0 aromatic carbocycles. The van der Waals surface area contributed by atoms with Crippen molar-refractivity contribution in [3.8, 4) is 0 Å². The summed E-state index contributed by atoms with van der Waals surface area (Å²) in [7, 11) is 4.05. The van der Waals surface area contributed by atoms with Gasteiger partial charge in [0.1, 0.15) is 0 Å². The fraction of sp³-hybridized carbons (Fsp3) is 1.00. The second-order valence-corrected chi connectivity index (χ2v) is 2.70. The molecule has 0 aliphatic heterocycles. The average molecular weight is 176 g/mol. The van der Waals surface area contributed by atoms with Gasteiger partial charge in [-0.1, -0.05) is 5.23 Å². The molecule has 0 heterocycles. The summed E-state index contributed by atoms with van der Waals surface area (Å²) >= 11 is 0. The van der Waals surface area contributed by atoms with Crippen molar-refractivity contribution >= 4 is 0 Å². The van der Waals surface area contributed by atoms with Crippen LogP contribution in [0.1, 0.15) is 13.8 Å². The molecule has 0 N–H and O–H groups in total. The summed E-state index contributed by atoms with van der Waals surface area (Å²) in [4.78, 5) is 12.5. The number of likely N-dealkylation sites (N-methyl/N-ethyl adjacent to an activating group) is 1. The van der Waals surface area contributed by atoms with Crippen LogP contribution in [0.15, 0.2) is 0 Å². The molecule has 0 spiro atoms. The highest BCUT2D eigenvalue weighted by Crippen LogP contribution is 1.92. The van der Waals surface area contributed by atoms with Gasteiger partial charge in [-0.05, 0) is 27.9 Å². The SMILES string of the molecule is CCON(CCN(C)C)OCC. The molecule has 0 radical (unpaired) electrons. The molecular weight excluding hydrogens is 156 g/mol. The van der Waals surface area contributed by atoms with Crippen LogP contribution in [0, 0.1) is 0 Å². The molecule has 4 nitrogen and oxygen atoms in total. The van der Waals surface area contributed by atoms with Crippen LogP contribution in [0.25, 0.3) is 0 Å². The molecule has 0 bridgehead atoms. The Hall–Kier alpha value is -0.160. The standard InChI is InChI=1S/C8H20N2O2/c1-5-11-10(12-6-2)8-7-9(3)4/h5-8H2,1-4H3. The highest BCUT2D eigenvalue weighted by atomic mass is 16.9. The highest BCUT2D eigenvalue weighted by Gasteiger charge is 2.03. The first-order valence-corrected chi connectivity index (χ1v) is 4.38. The predicted molar refractivity (Wildman–Crippen MR) is 48.5 cm³/mol. The first kappa shape index (κ1) is 11.8. The lowest BCUT2D eigenvalue weighted by Gasteiger charge is -2.21. The molecule has 0 aliphatic rings. The molecule has 0 amide bonds. The van der Waals surface area contributed by atoms with E-state index in [9.17, 15) is 0 Å². The normalized spacial score (nSPS) is 11.5. The smallest absolute Gasteiger partial charge is 0.0683 e. The van der Waals surface area contributed by atoms with E-state index >= 15 is 0 Å². The highest BCUT2D eigenvalue weighted by molar-refractivity contribution is 4.41. The van der Waals surface area contributed by atoms with Crippen LogP contribution in [-0.2, 0) is 9.68 Å². The van der Waals surface area contributed by atoms with Gasteiger partial charge >= 0.3 is 0 Å². The Kier molecular flexibility index (Phi) is 7.39. The molecular formula is C8H20N2O2.